The van der Waals surface area contributed by atoms with Crippen molar-refractivity contribution in [3.8, 4) is 5.75 Å². The van der Waals surface area contributed by atoms with E-state index in [-0.39, 0.29) is 11.6 Å². The number of fused-ring (bicyclic) bond motifs is 1. The molecule has 3 aromatic rings. The molecule has 7 heteroatoms. The van der Waals surface area contributed by atoms with Crippen molar-refractivity contribution in [1.82, 2.24) is 9.97 Å². The van der Waals surface area contributed by atoms with Gasteiger partial charge in [-0.05, 0) is 26.0 Å². The molecule has 0 radical (unpaired) electrons. The Balaban J connectivity index is 2.00. The van der Waals surface area contributed by atoms with Crippen LogP contribution in [-0.4, -0.2) is 17.1 Å². The molecule has 5 nitrogen and oxygen atoms in total. The number of pyridine rings is 1. The number of methoxy groups -OCH3 is 1. The third-order valence-corrected chi connectivity index (χ3v) is 4.71. The molecule has 1 aromatic carbocycles. The number of nitrogens with zero attached hydrogens (tertiary/aromatic N) is 1. The minimum absolute atomic E-state index is 0.143. The van der Waals surface area contributed by atoms with E-state index in [0.29, 0.717) is 21.9 Å². The molecule has 1 unspecified atom stereocenters. The molecule has 3 rings (SSSR count). The van der Waals surface area contributed by atoms with E-state index in [0.717, 1.165) is 15.4 Å². The number of thiazole rings is 1. The highest BCUT2D eigenvalue weighted by atomic mass is 35.5. The summed E-state index contributed by atoms with van der Waals surface area (Å²) in [5.41, 5.74) is 1.18. The van der Waals surface area contributed by atoms with Crippen LogP contribution in [0.1, 0.15) is 23.4 Å². The van der Waals surface area contributed by atoms with Gasteiger partial charge in [-0.2, -0.15) is 0 Å². The molecule has 23 heavy (non-hydrogen) atoms. The first-order valence-corrected chi connectivity index (χ1v) is 8.27. The first kappa shape index (κ1) is 15.8. The maximum atomic E-state index is 12.4. The summed E-state index contributed by atoms with van der Waals surface area (Å²) in [6, 6.07) is 5.19. The number of aryl methyl sites for hydroxylation is 1. The van der Waals surface area contributed by atoms with Gasteiger partial charge in [-0.15, -0.1) is 11.3 Å². The Morgan fingerprint density at radius 3 is 2.83 bits per heavy atom. The van der Waals surface area contributed by atoms with Crippen molar-refractivity contribution in [1.29, 1.82) is 0 Å². The first-order valence-electron chi connectivity index (χ1n) is 7.07. The summed E-state index contributed by atoms with van der Waals surface area (Å²) in [5.74, 6) is 0.534. The van der Waals surface area contributed by atoms with Crippen LogP contribution in [0.4, 0.5) is 5.13 Å². The molecule has 0 saturated heterocycles. The maximum absolute atomic E-state index is 12.4. The van der Waals surface area contributed by atoms with Crippen LogP contribution in [0.25, 0.3) is 10.9 Å². The largest absolute Gasteiger partial charge is 0.495 e. The molecule has 1 atom stereocenters. The number of ether oxygens (including phenoxy) is 1. The highest BCUT2D eigenvalue weighted by Gasteiger charge is 2.14. The van der Waals surface area contributed by atoms with E-state index < -0.39 is 0 Å². The lowest BCUT2D eigenvalue weighted by Gasteiger charge is -2.14. The van der Waals surface area contributed by atoms with Gasteiger partial charge in [0.25, 0.3) is 5.56 Å². The molecular weight excluding hydrogens is 334 g/mol. The van der Waals surface area contributed by atoms with Gasteiger partial charge in [0.2, 0.25) is 0 Å². The van der Waals surface area contributed by atoms with Crippen molar-refractivity contribution in [3.63, 3.8) is 0 Å². The monoisotopic (exact) mass is 349 g/mol. The Morgan fingerprint density at radius 2 is 2.17 bits per heavy atom. The minimum Gasteiger partial charge on any atom is -0.495 e. The lowest BCUT2D eigenvalue weighted by atomic mass is 10.1. The van der Waals surface area contributed by atoms with Gasteiger partial charge in [0.1, 0.15) is 5.75 Å². The maximum Gasteiger partial charge on any atom is 0.253 e. The standard InChI is InChI=1S/C16H16ClN3O2S/c1-8-7-18-16(23-8)19-9(2)11-4-10-5-12(17)14(22-3)6-13(10)20-15(11)21/h4-7,9H,1-3H3,(H,18,19)(H,20,21). The zero-order chi connectivity index (χ0) is 16.6. The molecule has 0 aliphatic carbocycles. The lowest BCUT2D eigenvalue weighted by molar-refractivity contribution is 0.415. The van der Waals surface area contributed by atoms with Crippen LogP contribution in [-0.2, 0) is 0 Å². The molecule has 0 spiro atoms. The number of hydrogen-bond donors (Lipinski definition) is 2. The predicted octanol–water partition coefficient (Wildman–Crippen LogP) is 4.13. The van der Waals surface area contributed by atoms with Crippen molar-refractivity contribution < 1.29 is 4.74 Å². The van der Waals surface area contributed by atoms with Crippen LogP contribution in [0.3, 0.4) is 0 Å². The number of H-pyrrole nitrogens is 1. The second kappa shape index (κ2) is 6.22. The summed E-state index contributed by atoms with van der Waals surface area (Å²) < 4.78 is 5.18. The van der Waals surface area contributed by atoms with E-state index >= 15 is 0 Å². The summed E-state index contributed by atoms with van der Waals surface area (Å²) in [5, 5.41) is 5.41. The highest BCUT2D eigenvalue weighted by Crippen LogP contribution is 2.30. The van der Waals surface area contributed by atoms with Crippen molar-refractivity contribution in [2.24, 2.45) is 0 Å². The number of hydrogen-bond acceptors (Lipinski definition) is 5. The van der Waals surface area contributed by atoms with Crippen LogP contribution in [0.5, 0.6) is 5.75 Å². The Bertz CT molecular complexity index is 919. The Labute approximate surface area is 142 Å². The fraction of sp³-hybridized carbons (Fsp3) is 0.250. The van der Waals surface area contributed by atoms with Crippen molar-refractivity contribution in [3.05, 3.63) is 50.2 Å². The SMILES string of the molecule is COc1cc2[nH]c(=O)c(C(C)Nc3ncc(C)s3)cc2cc1Cl. The Kier molecular flexibility index (Phi) is 4.28. The van der Waals surface area contributed by atoms with Crippen molar-refractivity contribution in [2.45, 2.75) is 19.9 Å². The zero-order valence-corrected chi connectivity index (χ0v) is 14.5. The molecule has 0 aliphatic heterocycles. The predicted molar refractivity (Wildman–Crippen MR) is 95.0 cm³/mol. The fourth-order valence-electron chi connectivity index (χ4n) is 2.39. The summed E-state index contributed by atoms with van der Waals surface area (Å²) in [6.45, 7) is 3.92. The number of halogens is 1. The minimum atomic E-state index is -0.172. The number of anilines is 1. The van der Waals surface area contributed by atoms with Crippen molar-refractivity contribution in [2.75, 3.05) is 12.4 Å². The summed E-state index contributed by atoms with van der Waals surface area (Å²) in [4.78, 5) is 20.6. The molecule has 0 bridgehead atoms. The van der Waals surface area contributed by atoms with Gasteiger partial charge in [-0.3, -0.25) is 4.79 Å². The van der Waals surface area contributed by atoms with E-state index in [4.69, 9.17) is 16.3 Å². The molecule has 0 amide bonds. The van der Waals surface area contributed by atoms with Gasteiger partial charge in [-0.1, -0.05) is 11.6 Å². The topological polar surface area (TPSA) is 67.0 Å². The molecule has 2 aromatic heterocycles. The molecule has 0 aliphatic rings. The molecule has 0 saturated carbocycles. The number of nitrogens with one attached hydrogen (secondary N) is 2. The van der Waals surface area contributed by atoms with E-state index in [1.807, 2.05) is 19.9 Å². The Morgan fingerprint density at radius 1 is 1.39 bits per heavy atom. The molecule has 120 valence electrons. The normalized spacial score (nSPS) is 12.3. The average Bonchev–Trinajstić information content (AvgIpc) is 2.91. The number of aromatic amines is 1. The van der Waals surface area contributed by atoms with E-state index in [2.05, 4.69) is 15.3 Å². The van der Waals surface area contributed by atoms with Gasteiger partial charge in [0.15, 0.2) is 5.13 Å². The van der Waals surface area contributed by atoms with Crippen LogP contribution in [0, 0.1) is 6.92 Å². The van der Waals surface area contributed by atoms with Gasteiger partial charge < -0.3 is 15.0 Å². The van der Waals surface area contributed by atoms with Crippen LogP contribution < -0.4 is 15.6 Å². The lowest BCUT2D eigenvalue weighted by Crippen LogP contribution is -2.19. The molecule has 2 N–H and O–H groups in total. The van der Waals surface area contributed by atoms with Crippen LogP contribution in [0.15, 0.2) is 29.2 Å². The summed E-state index contributed by atoms with van der Waals surface area (Å²) in [6.07, 6.45) is 1.80. The first-order chi connectivity index (χ1) is 11.0. The van der Waals surface area contributed by atoms with Gasteiger partial charge in [0, 0.05) is 28.1 Å². The van der Waals surface area contributed by atoms with Gasteiger partial charge >= 0.3 is 0 Å². The van der Waals surface area contributed by atoms with Crippen molar-refractivity contribution >= 4 is 39.0 Å². The summed E-state index contributed by atoms with van der Waals surface area (Å²) in [7, 11) is 1.54. The third kappa shape index (κ3) is 3.18. The number of rotatable bonds is 4. The van der Waals surface area contributed by atoms with Gasteiger partial charge in [-0.25, -0.2) is 4.98 Å². The Hall–Kier alpha value is -2.05. The molecule has 0 fully saturated rings. The number of benzene rings is 1. The van der Waals surface area contributed by atoms with Gasteiger partial charge in [0.05, 0.1) is 23.7 Å². The van der Waals surface area contributed by atoms with E-state index in [9.17, 15) is 4.79 Å². The zero-order valence-electron chi connectivity index (χ0n) is 12.9. The average molecular weight is 350 g/mol. The molecular formula is C16H16ClN3O2S. The number of aromatic nitrogens is 2. The second-order valence-corrected chi connectivity index (χ2v) is 6.91. The van der Waals surface area contributed by atoms with Crippen LogP contribution in [0.2, 0.25) is 5.02 Å². The second-order valence-electron chi connectivity index (χ2n) is 5.27. The molecule has 2 heterocycles. The smallest absolute Gasteiger partial charge is 0.253 e. The highest BCUT2D eigenvalue weighted by molar-refractivity contribution is 7.15. The quantitative estimate of drug-likeness (QED) is 0.743. The van der Waals surface area contributed by atoms with E-state index in [1.54, 1.807) is 36.8 Å². The summed E-state index contributed by atoms with van der Waals surface area (Å²) >= 11 is 7.72. The van der Waals surface area contributed by atoms with Crippen LogP contribution >= 0.6 is 22.9 Å². The fourth-order valence-corrected chi connectivity index (χ4v) is 3.39. The van der Waals surface area contributed by atoms with E-state index in [1.165, 1.54) is 0 Å². The third-order valence-electron chi connectivity index (χ3n) is 3.57.